The van der Waals surface area contributed by atoms with Crippen molar-refractivity contribution in [1.82, 2.24) is 10.6 Å². The van der Waals surface area contributed by atoms with Crippen LogP contribution in [0.15, 0.2) is 60.7 Å². The number of ether oxygens (including phenoxy) is 3. The van der Waals surface area contributed by atoms with Gasteiger partial charge in [-0.25, -0.2) is 4.79 Å². The fourth-order valence-corrected chi connectivity index (χ4v) is 5.13. The molecule has 1 saturated heterocycles. The molecule has 1 fully saturated rings. The van der Waals surface area contributed by atoms with Crippen LogP contribution in [-0.4, -0.2) is 38.4 Å². The summed E-state index contributed by atoms with van der Waals surface area (Å²) >= 11 is 0. The zero-order valence-electron chi connectivity index (χ0n) is 21.5. The molecule has 2 atom stereocenters. The predicted molar refractivity (Wildman–Crippen MR) is 141 cm³/mol. The van der Waals surface area contributed by atoms with Crippen molar-refractivity contribution in [3.8, 4) is 17.2 Å². The van der Waals surface area contributed by atoms with Crippen LogP contribution in [0.3, 0.4) is 0 Å². The molecular weight excluding hydrogens is 470 g/mol. The summed E-state index contributed by atoms with van der Waals surface area (Å²) in [7, 11) is 3.19. The molecule has 0 saturated carbocycles. The number of fused-ring (bicyclic) bond motifs is 4. The van der Waals surface area contributed by atoms with Gasteiger partial charge in [-0.15, -0.1) is 0 Å². The highest BCUT2D eigenvalue weighted by Gasteiger charge is 2.49. The van der Waals surface area contributed by atoms with Crippen molar-refractivity contribution in [2.24, 2.45) is 0 Å². The van der Waals surface area contributed by atoms with E-state index in [-0.39, 0.29) is 18.0 Å². The van der Waals surface area contributed by atoms with Crippen LogP contribution in [0, 0.1) is 6.92 Å². The van der Waals surface area contributed by atoms with E-state index in [1.165, 1.54) is 0 Å². The third-order valence-electron chi connectivity index (χ3n) is 6.94. The van der Waals surface area contributed by atoms with Crippen LogP contribution < -0.4 is 29.7 Å². The van der Waals surface area contributed by atoms with Crippen molar-refractivity contribution >= 4 is 17.6 Å². The van der Waals surface area contributed by atoms with E-state index >= 15 is 0 Å². The highest BCUT2D eigenvalue weighted by Crippen LogP contribution is 2.45. The maximum absolute atomic E-state index is 13.2. The molecule has 3 aromatic rings. The summed E-state index contributed by atoms with van der Waals surface area (Å²) in [6.45, 7) is 4.38. The highest BCUT2D eigenvalue weighted by molar-refractivity contribution is 5.99. The van der Waals surface area contributed by atoms with Crippen LogP contribution in [-0.2, 0) is 6.42 Å². The molecule has 0 aliphatic carbocycles. The van der Waals surface area contributed by atoms with E-state index in [4.69, 9.17) is 14.2 Å². The monoisotopic (exact) mass is 501 g/mol. The number of urea groups is 1. The third-order valence-corrected chi connectivity index (χ3v) is 6.94. The SMILES string of the molecule is COc1ccc(CCNC(=O)c2cccc(N3C(=O)N[C@H]4C[C@@]3(C)Oc3ccc(C)cc34)c2)cc1OC. The van der Waals surface area contributed by atoms with Gasteiger partial charge in [0.15, 0.2) is 17.2 Å². The molecule has 2 heterocycles. The first kappa shape index (κ1) is 24.5. The lowest BCUT2D eigenvalue weighted by atomic mass is 9.89. The van der Waals surface area contributed by atoms with Gasteiger partial charge >= 0.3 is 6.03 Å². The number of anilines is 1. The number of carbonyl (C=O) groups is 2. The number of carbonyl (C=O) groups excluding carboxylic acids is 2. The number of amides is 3. The molecule has 37 heavy (non-hydrogen) atoms. The first-order valence-electron chi connectivity index (χ1n) is 12.3. The minimum Gasteiger partial charge on any atom is -0.493 e. The van der Waals surface area contributed by atoms with Crippen LogP contribution in [0.2, 0.25) is 0 Å². The molecule has 2 aliphatic heterocycles. The van der Waals surface area contributed by atoms with E-state index in [0.717, 1.165) is 22.4 Å². The first-order valence-corrected chi connectivity index (χ1v) is 12.3. The topological polar surface area (TPSA) is 89.1 Å². The summed E-state index contributed by atoms with van der Waals surface area (Å²) in [6.07, 6.45) is 1.23. The molecule has 3 aromatic carbocycles. The zero-order chi connectivity index (χ0) is 26.2. The minimum atomic E-state index is -0.877. The van der Waals surface area contributed by atoms with Gasteiger partial charge in [-0.3, -0.25) is 9.69 Å². The predicted octanol–water partition coefficient (Wildman–Crippen LogP) is 4.75. The number of benzene rings is 3. The third kappa shape index (κ3) is 4.67. The first-order chi connectivity index (χ1) is 17.8. The second-order valence-corrected chi connectivity index (χ2v) is 9.61. The number of hydrogen-bond acceptors (Lipinski definition) is 5. The van der Waals surface area contributed by atoms with Gasteiger partial charge in [0.25, 0.3) is 5.91 Å². The molecule has 0 spiro atoms. The van der Waals surface area contributed by atoms with E-state index < -0.39 is 5.72 Å². The second-order valence-electron chi connectivity index (χ2n) is 9.61. The molecule has 3 amide bonds. The smallest absolute Gasteiger partial charge is 0.325 e. The van der Waals surface area contributed by atoms with Crippen molar-refractivity contribution in [3.05, 3.63) is 82.9 Å². The maximum atomic E-state index is 13.2. The summed E-state index contributed by atoms with van der Waals surface area (Å²) < 4.78 is 17.0. The molecule has 8 nitrogen and oxygen atoms in total. The largest absolute Gasteiger partial charge is 0.493 e. The van der Waals surface area contributed by atoms with Crippen LogP contribution in [0.25, 0.3) is 0 Å². The summed E-state index contributed by atoms with van der Waals surface area (Å²) in [6, 6.07) is 18.4. The average Bonchev–Trinajstić information content (AvgIpc) is 2.88. The molecule has 2 aliphatic rings. The Labute approximate surface area is 216 Å². The van der Waals surface area contributed by atoms with Gasteiger partial charge in [0.2, 0.25) is 0 Å². The Morgan fingerprint density at radius 3 is 2.70 bits per heavy atom. The lowest BCUT2D eigenvalue weighted by Gasteiger charge is -2.50. The molecule has 2 N–H and O–H groups in total. The van der Waals surface area contributed by atoms with E-state index in [9.17, 15) is 9.59 Å². The van der Waals surface area contributed by atoms with Crippen molar-refractivity contribution < 1.29 is 23.8 Å². The Morgan fingerprint density at radius 1 is 1.11 bits per heavy atom. The van der Waals surface area contributed by atoms with Gasteiger partial charge in [0.05, 0.1) is 25.9 Å². The van der Waals surface area contributed by atoms with Gasteiger partial charge < -0.3 is 24.8 Å². The van der Waals surface area contributed by atoms with Crippen LogP contribution in [0.1, 0.15) is 46.4 Å². The van der Waals surface area contributed by atoms with Crippen molar-refractivity contribution in [3.63, 3.8) is 0 Å². The standard InChI is InChI=1S/C29H31N3O5/c1-18-8-10-24-22(14-18)23-17-29(2,37-24)32(28(34)31-23)21-7-5-6-20(16-21)27(33)30-13-12-19-9-11-25(35-3)26(15-19)36-4/h5-11,14-16,23H,12-13,17H2,1-4H3,(H,30,33)(H,31,34)/t23-,29+/m0/s1. The summed E-state index contributed by atoms with van der Waals surface area (Å²) in [4.78, 5) is 27.8. The van der Waals surface area contributed by atoms with E-state index in [2.05, 4.69) is 16.7 Å². The Bertz CT molecular complexity index is 1360. The fraction of sp³-hybridized carbons (Fsp3) is 0.310. The van der Waals surface area contributed by atoms with E-state index in [1.807, 2.05) is 50.2 Å². The quantitative estimate of drug-likeness (QED) is 0.488. The van der Waals surface area contributed by atoms with Crippen LogP contribution in [0.5, 0.6) is 17.2 Å². The van der Waals surface area contributed by atoms with Crippen LogP contribution >= 0.6 is 0 Å². The number of nitrogens with zero attached hydrogens (tertiary/aromatic N) is 1. The molecular formula is C29H31N3O5. The Hall–Kier alpha value is -4.20. The fourth-order valence-electron chi connectivity index (χ4n) is 5.13. The zero-order valence-corrected chi connectivity index (χ0v) is 21.5. The molecule has 2 bridgehead atoms. The van der Waals surface area contributed by atoms with Gasteiger partial charge in [-0.2, -0.15) is 0 Å². The lowest BCUT2D eigenvalue weighted by molar-refractivity contribution is 0.0378. The molecule has 0 unspecified atom stereocenters. The average molecular weight is 502 g/mol. The maximum Gasteiger partial charge on any atom is 0.325 e. The molecule has 0 aromatic heterocycles. The molecule has 192 valence electrons. The molecule has 5 rings (SSSR count). The number of methoxy groups -OCH3 is 2. The Balaban J connectivity index is 1.30. The summed E-state index contributed by atoms with van der Waals surface area (Å²) in [5, 5.41) is 6.08. The minimum absolute atomic E-state index is 0.125. The summed E-state index contributed by atoms with van der Waals surface area (Å²) in [5.74, 6) is 1.86. The van der Waals surface area contributed by atoms with Crippen LogP contribution in [0.4, 0.5) is 10.5 Å². The van der Waals surface area contributed by atoms with Gasteiger partial charge in [0, 0.05) is 24.1 Å². The molecule has 0 radical (unpaired) electrons. The van der Waals surface area contributed by atoms with Crippen molar-refractivity contribution in [2.75, 3.05) is 25.7 Å². The Morgan fingerprint density at radius 2 is 1.92 bits per heavy atom. The normalized spacial score (nSPS) is 19.8. The van der Waals surface area contributed by atoms with Crippen molar-refractivity contribution in [2.45, 2.75) is 38.5 Å². The van der Waals surface area contributed by atoms with E-state index in [1.54, 1.807) is 37.3 Å². The highest BCUT2D eigenvalue weighted by atomic mass is 16.5. The van der Waals surface area contributed by atoms with Gasteiger partial charge in [-0.1, -0.05) is 29.8 Å². The Kier molecular flexibility index (Phi) is 6.41. The summed E-state index contributed by atoms with van der Waals surface area (Å²) in [5.41, 5.74) is 3.32. The number of rotatable bonds is 7. The number of aryl methyl sites for hydroxylation is 1. The van der Waals surface area contributed by atoms with Gasteiger partial charge in [0.1, 0.15) is 5.75 Å². The molecule has 8 heteroatoms. The number of hydrogen-bond donors (Lipinski definition) is 2. The van der Waals surface area contributed by atoms with Gasteiger partial charge in [-0.05, 0) is 62.2 Å². The van der Waals surface area contributed by atoms with E-state index in [0.29, 0.717) is 42.1 Å². The lowest BCUT2D eigenvalue weighted by Crippen LogP contribution is -2.65. The number of nitrogens with one attached hydrogen (secondary N) is 2. The second kappa shape index (κ2) is 9.69. The van der Waals surface area contributed by atoms with Crippen molar-refractivity contribution in [1.29, 1.82) is 0 Å².